The summed E-state index contributed by atoms with van der Waals surface area (Å²) in [5, 5.41) is 8.76. The molecular weight excluding hydrogens is 154 g/mol. The highest BCUT2D eigenvalue weighted by Gasteiger charge is 2.08. The van der Waals surface area contributed by atoms with E-state index in [0.717, 1.165) is 6.54 Å². The lowest BCUT2D eigenvalue weighted by atomic mass is 10.3. The standard InChI is InChI=1S/C9H19NO2/c1-4-9(2)10(5-7-11)6-8-12-3/h4,9,11H,1,5-8H2,2-3H3. The molecule has 0 amide bonds. The molecule has 1 atom stereocenters. The SMILES string of the molecule is C=CC(C)N(CCO)CCOC. The van der Waals surface area contributed by atoms with Crippen molar-refractivity contribution in [1.29, 1.82) is 0 Å². The Morgan fingerprint density at radius 1 is 1.58 bits per heavy atom. The Labute approximate surface area is 74.6 Å². The molecular formula is C9H19NO2. The minimum Gasteiger partial charge on any atom is -0.395 e. The summed E-state index contributed by atoms with van der Waals surface area (Å²) in [6.45, 7) is 8.15. The monoisotopic (exact) mass is 173 g/mol. The topological polar surface area (TPSA) is 32.7 Å². The minimum atomic E-state index is 0.182. The summed E-state index contributed by atoms with van der Waals surface area (Å²) in [7, 11) is 1.68. The number of nitrogens with zero attached hydrogens (tertiary/aromatic N) is 1. The van der Waals surface area contributed by atoms with Crippen molar-refractivity contribution in [2.24, 2.45) is 0 Å². The number of aliphatic hydroxyl groups is 1. The van der Waals surface area contributed by atoms with Crippen LogP contribution in [0.15, 0.2) is 12.7 Å². The molecule has 0 aromatic heterocycles. The van der Waals surface area contributed by atoms with Gasteiger partial charge in [-0.1, -0.05) is 6.08 Å². The molecule has 0 aromatic carbocycles. The third-order valence-electron chi connectivity index (χ3n) is 1.89. The highest BCUT2D eigenvalue weighted by molar-refractivity contribution is 4.83. The van der Waals surface area contributed by atoms with Crippen LogP contribution < -0.4 is 0 Å². The van der Waals surface area contributed by atoms with Gasteiger partial charge in [0.1, 0.15) is 0 Å². The zero-order valence-electron chi connectivity index (χ0n) is 7.99. The molecule has 0 radical (unpaired) electrons. The van der Waals surface area contributed by atoms with Gasteiger partial charge in [-0.15, -0.1) is 6.58 Å². The van der Waals surface area contributed by atoms with Crippen LogP contribution in [-0.4, -0.2) is 49.5 Å². The van der Waals surface area contributed by atoms with E-state index >= 15 is 0 Å². The van der Waals surface area contributed by atoms with Crippen LogP contribution in [0.25, 0.3) is 0 Å². The molecule has 0 aliphatic carbocycles. The van der Waals surface area contributed by atoms with Gasteiger partial charge in [-0.3, -0.25) is 4.90 Å². The quantitative estimate of drug-likeness (QED) is 0.569. The second kappa shape index (κ2) is 7.28. The molecule has 0 fully saturated rings. The first kappa shape index (κ1) is 11.6. The lowest BCUT2D eigenvalue weighted by Gasteiger charge is -2.25. The minimum absolute atomic E-state index is 0.182. The molecule has 0 heterocycles. The molecule has 0 aromatic rings. The molecule has 1 unspecified atom stereocenters. The zero-order valence-corrected chi connectivity index (χ0v) is 7.99. The summed E-state index contributed by atoms with van der Waals surface area (Å²) in [6, 6.07) is 0.298. The van der Waals surface area contributed by atoms with Crippen LogP contribution in [0.5, 0.6) is 0 Å². The Morgan fingerprint density at radius 2 is 2.25 bits per heavy atom. The Hall–Kier alpha value is -0.380. The second-order valence-corrected chi connectivity index (χ2v) is 2.73. The molecule has 3 heteroatoms. The first-order valence-electron chi connectivity index (χ1n) is 4.22. The van der Waals surface area contributed by atoms with E-state index in [-0.39, 0.29) is 6.61 Å². The number of rotatable bonds is 7. The fourth-order valence-corrected chi connectivity index (χ4v) is 1.01. The van der Waals surface area contributed by atoms with Gasteiger partial charge in [0.05, 0.1) is 13.2 Å². The number of aliphatic hydroxyl groups excluding tert-OH is 1. The van der Waals surface area contributed by atoms with Crippen LogP contribution >= 0.6 is 0 Å². The van der Waals surface area contributed by atoms with Crippen LogP contribution in [0.1, 0.15) is 6.92 Å². The van der Waals surface area contributed by atoms with Crippen LogP contribution in [0.3, 0.4) is 0 Å². The van der Waals surface area contributed by atoms with E-state index < -0.39 is 0 Å². The highest BCUT2D eigenvalue weighted by Crippen LogP contribution is 1.98. The number of hydrogen-bond acceptors (Lipinski definition) is 3. The van der Waals surface area contributed by atoms with Crippen molar-refractivity contribution < 1.29 is 9.84 Å². The molecule has 0 bridgehead atoms. The predicted octanol–water partition coefficient (Wildman–Crippen LogP) is 0.502. The maximum Gasteiger partial charge on any atom is 0.0589 e. The van der Waals surface area contributed by atoms with Crippen LogP contribution in [0.2, 0.25) is 0 Å². The van der Waals surface area contributed by atoms with E-state index in [9.17, 15) is 0 Å². The van der Waals surface area contributed by atoms with Gasteiger partial charge in [-0.2, -0.15) is 0 Å². The van der Waals surface area contributed by atoms with E-state index in [1.54, 1.807) is 7.11 Å². The van der Waals surface area contributed by atoms with E-state index in [2.05, 4.69) is 18.4 Å². The summed E-state index contributed by atoms with van der Waals surface area (Å²) in [5.74, 6) is 0. The summed E-state index contributed by atoms with van der Waals surface area (Å²) in [5.41, 5.74) is 0. The van der Waals surface area contributed by atoms with E-state index in [4.69, 9.17) is 9.84 Å². The molecule has 3 nitrogen and oxygen atoms in total. The van der Waals surface area contributed by atoms with Crippen LogP contribution in [-0.2, 0) is 4.74 Å². The molecule has 0 spiro atoms. The third kappa shape index (κ3) is 4.49. The van der Waals surface area contributed by atoms with Crippen molar-refractivity contribution in [3.63, 3.8) is 0 Å². The molecule has 0 aliphatic heterocycles. The van der Waals surface area contributed by atoms with Crippen molar-refractivity contribution in [3.8, 4) is 0 Å². The maximum absolute atomic E-state index is 8.76. The van der Waals surface area contributed by atoms with Crippen molar-refractivity contribution in [2.45, 2.75) is 13.0 Å². The zero-order chi connectivity index (χ0) is 9.40. The highest BCUT2D eigenvalue weighted by atomic mass is 16.5. The molecule has 72 valence electrons. The summed E-state index contributed by atoms with van der Waals surface area (Å²) in [4.78, 5) is 2.12. The number of ether oxygens (including phenoxy) is 1. The average molecular weight is 173 g/mol. The smallest absolute Gasteiger partial charge is 0.0589 e. The van der Waals surface area contributed by atoms with Gasteiger partial charge in [0.15, 0.2) is 0 Å². The van der Waals surface area contributed by atoms with Gasteiger partial charge < -0.3 is 9.84 Å². The van der Waals surface area contributed by atoms with E-state index in [1.807, 2.05) is 6.08 Å². The summed E-state index contributed by atoms with van der Waals surface area (Å²) >= 11 is 0. The van der Waals surface area contributed by atoms with Crippen LogP contribution in [0.4, 0.5) is 0 Å². The van der Waals surface area contributed by atoms with Crippen molar-refractivity contribution in [3.05, 3.63) is 12.7 Å². The lowest BCUT2D eigenvalue weighted by molar-refractivity contribution is 0.119. The molecule has 12 heavy (non-hydrogen) atoms. The molecule has 0 saturated heterocycles. The Balaban J connectivity index is 3.75. The molecule has 0 rings (SSSR count). The molecule has 1 N–H and O–H groups in total. The third-order valence-corrected chi connectivity index (χ3v) is 1.89. The normalized spacial score (nSPS) is 13.3. The van der Waals surface area contributed by atoms with Gasteiger partial charge in [0.25, 0.3) is 0 Å². The largest absolute Gasteiger partial charge is 0.395 e. The van der Waals surface area contributed by atoms with Crippen molar-refractivity contribution in [2.75, 3.05) is 33.4 Å². The Bertz CT molecular complexity index is 117. The number of hydrogen-bond donors (Lipinski definition) is 1. The second-order valence-electron chi connectivity index (χ2n) is 2.73. The number of methoxy groups -OCH3 is 1. The fraction of sp³-hybridized carbons (Fsp3) is 0.778. The first-order chi connectivity index (χ1) is 5.76. The maximum atomic E-state index is 8.76. The van der Waals surface area contributed by atoms with Crippen LogP contribution in [0, 0.1) is 0 Å². The van der Waals surface area contributed by atoms with E-state index in [1.165, 1.54) is 0 Å². The Morgan fingerprint density at radius 3 is 2.67 bits per heavy atom. The summed E-state index contributed by atoms with van der Waals surface area (Å²) in [6.07, 6.45) is 1.87. The lowest BCUT2D eigenvalue weighted by Crippen LogP contribution is -2.36. The first-order valence-corrected chi connectivity index (χ1v) is 4.22. The van der Waals surface area contributed by atoms with Crippen molar-refractivity contribution in [1.82, 2.24) is 4.90 Å². The molecule has 0 aliphatic rings. The van der Waals surface area contributed by atoms with Gasteiger partial charge in [-0.05, 0) is 6.92 Å². The molecule has 0 saturated carbocycles. The van der Waals surface area contributed by atoms with Gasteiger partial charge >= 0.3 is 0 Å². The summed E-state index contributed by atoms with van der Waals surface area (Å²) < 4.78 is 4.96. The Kier molecular flexibility index (Phi) is 7.05. The van der Waals surface area contributed by atoms with Gasteiger partial charge in [0, 0.05) is 26.2 Å². The van der Waals surface area contributed by atoms with Gasteiger partial charge in [0.2, 0.25) is 0 Å². The van der Waals surface area contributed by atoms with E-state index in [0.29, 0.717) is 19.2 Å². The average Bonchev–Trinajstić information content (AvgIpc) is 2.11. The fourth-order valence-electron chi connectivity index (χ4n) is 1.01. The predicted molar refractivity (Wildman–Crippen MR) is 50.2 cm³/mol. The van der Waals surface area contributed by atoms with Crippen molar-refractivity contribution >= 4 is 0 Å². The van der Waals surface area contributed by atoms with Gasteiger partial charge in [-0.25, -0.2) is 0 Å².